The molecule has 28 heavy (non-hydrogen) atoms. The van der Waals surface area contributed by atoms with E-state index in [0.717, 1.165) is 37.4 Å². The average Bonchev–Trinajstić information content (AvgIpc) is 3.37. The number of amides is 1. The summed E-state index contributed by atoms with van der Waals surface area (Å²) in [7, 11) is 3.85. The minimum atomic E-state index is 0.0526. The van der Waals surface area contributed by atoms with Gasteiger partial charge in [-0.3, -0.25) is 4.79 Å². The van der Waals surface area contributed by atoms with Gasteiger partial charge in [-0.05, 0) is 30.5 Å². The molecule has 144 valence electrons. The molecule has 0 saturated carbocycles. The lowest BCUT2D eigenvalue weighted by Gasteiger charge is -2.23. The maximum atomic E-state index is 13.2. The molecule has 2 aromatic carbocycles. The summed E-state index contributed by atoms with van der Waals surface area (Å²) in [6.45, 7) is 2.79. The van der Waals surface area contributed by atoms with Gasteiger partial charge in [0.1, 0.15) is 5.82 Å². The fraction of sp³-hybridized carbons (Fsp3) is 0.304. The highest BCUT2D eigenvalue weighted by atomic mass is 16.2. The van der Waals surface area contributed by atoms with Gasteiger partial charge in [-0.25, -0.2) is 4.98 Å². The monoisotopic (exact) mass is 374 g/mol. The Morgan fingerprint density at radius 1 is 1.14 bits per heavy atom. The summed E-state index contributed by atoms with van der Waals surface area (Å²) in [5.74, 6) is 1.35. The largest absolute Gasteiger partial charge is 0.371 e. The lowest BCUT2D eigenvalue weighted by molar-refractivity contribution is 0.0777. The molecule has 3 aromatic rings. The van der Waals surface area contributed by atoms with Gasteiger partial charge in [0.05, 0.1) is 5.56 Å². The molecule has 1 aliphatic heterocycles. The lowest BCUT2D eigenvalue weighted by atomic mass is 10.0. The molecule has 2 heterocycles. The van der Waals surface area contributed by atoms with Gasteiger partial charge in [0, 0.05) is 57.4 Å². The molecular weight excluding hydrogens is 348 g/mol. The number of rotatable bonds is 5. The SMILES string of the molecule is CN(CC1CCN(c2ccccc2)C1)C(=O)c1ccccc1-c1nccn1C. The third-order valence-electron chi connectivity index (χ3n) is 5.51. The van der Waals surface area contributed by atoms with Crippen molar-refractivity contribution in [2.24, 2.45) is 13.0 Å². The quantitative estimate of drug-likeness (QED) is 0.684. The van der Waals surface area contributed by atoms with Crippen LogP contribution in [0.1, 0.15) is 16.8 Å². The number of para-hydroxylation sites is 1. The van der Waals surface area contributed by atoms with Crippen LogP contribution in [0.5, 0.6) is 0 Å². The van der Waals surface area contributed by atoms with E-state index in [-0.39, 0.29) is 5.91 Å². The number of aryl methyl sites for hydroxylation is 1. The van der Waals surface area contributed by atoms with Crippen molar-refractivity contribution < 1.29 is 4.79 Å². The minimum Gasteiger partial charge on any atom is -0.371 e. The van der Waals surface area contributed by atoms with E-state index in [9.17, 15) is 4.79 Å². The Labute approximate surface area is 166 Å². The van der Waals surface area contributed by atoms with E-state index < -0.39 is 0 Å². The van der Waals surface area contributed by atoms with Gasteiger partial charge in [0.15, 0.2) is 0 Å². The summed E-state index contributed by atoms with van der Waals surface area (Å²) in [5, 5.41) is 0. The molecule has 5 nitrogen and oxygen atoms in total. The standard InChI is InChI=1S/C23H26N4O/c1-25-15-13-24-22(25)20-10-6-7-11-21(20)23(28)26(2)16-18-12-14-27(17-18)19-8-4-3-5-9-19/h3-11,13,15,18H,12,14,16-17H2,1-2H3. The van der Waals surface area contributed by atoms with Crippen molar-refractivity contribution >= 4 is 11.6 Å². The molecule has 1 aromatic heterocycles. The zero-order valence-electron chi connectivity index (χ0n) is 16.5. The van der Waals surface area contributed by atoms with Crippen LogP contribution in [0.2, 0.25) is 0 Å². The maximum Gasteiger partial charge on any atom is 0.254 e. The van der Waals surface area contributed by atoms with Gasteiger partial charge in [-0.2, -0.15) is 0 Å². The third-order valence-corrected chi connectivity index (χ3v) is 5.51. The van der Waals surface area contributed by atoms with Crippen LogP contribution in [-0.4, -0.2) is 47.0 Å². The molecule has 0 bridgehead atoms. The summed E-state index contributed by atoms with van der Waals surface area (Å²) in [5.41, 5.74) is 2.85. The Kier molecular flexibility index (Phi) is 5.15. The van der Waals surface area contributed by atoms with Crippen molar-refractivity contribution in [2.75, 3.05) is 31.6 Å². The number of nitrogens with zero attached hydrogens (tertiary/aromatic N) is 4. The predicted octanol–water partition coefficient (Wildman–Crippen LogP) is 3.69. The molecule has 0 N–H and O–H groups in total. The summed E-state index contributed by atoms with van der Waals surface area (Å²) in [4.78, 5) is 21.9. The fourth-order valence-corrected chi connectivity index (χ4v) is 4.02. The van der Waals surface area contributed by atoms with Crippen LogP contribution in [0.25, 0.3) is 11.4 Å². The smallest absolute Gasteiger partial charge is 0.254 e. The van der Waals surface area contributed by atoms with Crippen molar-refractivity contribution in [1.82, 2.24) is 14.5 Å². The number of hydrogen-bond donors (Lipinski definition) is 0. The molecule has 0 spiro atoms. The van der Waals surface area contributed by atoms with Crippen molar-refractivity contribution in [3.8, 4) is 11.4 Å². The van der Waals surface area contributed by atoms with Crippen molar-refractivity contribution in [2.45, 2.75) is 6.42 Å². The first kappa shape index (κ1) is 18.3. The highest BCUT2D eigenvalue weighted by Crippen LogP contribution is 2.26. The molecular formula is C23H26N4O. The normalized spacial score (nSPS) is 16.4. The molecule has 1 unspecified atom stereocenters. The Balaban J connectivity index is 1.46. The number of imidazole rings is 1. The molecule has 0 radical (unpaired) electrons. The lowest BCUT2D eigenvalue weighted by Crippen LogP contribution is -2.33. The van der Waals surface area contributed by atoms with Crippen LogP contribution in [0.15, 0.2) is 67.0 Å². The Morgan fingerprint density at radius 2 is 1.89 bits per heavy atom. The predicted molar refractivity (Wildman–Crippen MR) is 112 cm³/mol. The van der Waals surface area contributed by atoms with E-state index in [1.807, 2.05) is 60.1 Å². The topological polar surface area (TPSA) is 41.4 Å². The average molecular weight is 374 g/mol. The molecule has 0 aliphatic carbocycles. The maximum absolute atomic E-state index is 13.2. The van der Waals surface area contributed by atoms with Gasteiger partial charge < -0.3 is 14.4 Å². The second-order valence-electron chi connectivity index (χ2n) is 7.53. The minimum absolute atomic E-state index is 0.0526. The van der Waals surface area contributed by atoms with E-state index in [1.54, 1.807) is 6.20 Å². The molecule has 4 rings (SSSR count). The fourth-order valence-electron chi connectivity index (χ4n) is 4.02. The number of aromatic nitrogens is 2. The van der Waals surface area contributed by atoms with E-state index in [1.165, 1.54) is 5.69 Å². The summed E-state index contributed by atoms with van der Waals surface area (Å²) < 4.78 is 1.95. The van der Waals surface area contributed by atoms with Crippen molar-refractivity contribution in [3.05, 3.63) is 72.6 Å². The highest BCUT2D eigenvalue weighted by Gasteiger charge is 2.26. The van der Waals surface area contributed by atoms with Crippen LogP contribution >= 0.6 is 0 Å². The first-order chi connectivity index (χ1) is 13.6. The molecule has 5 heteroatoms. The number of carbonyl (C=O) groups excluding carboxylic acids is 1. The molecule has 1 atom stereocenters. The number of anilines is 1. The van der Waals surface area contributed by atoms with Crippen LogP contribution in [0.3, 0.4) is 0 Å². The first-order valence-electron chi connectivity index (χ1n) is 9.75. The second kappa shape index (κ2) is 7.89. The highest BCUT2D eigenvalue weighted by molar-refractivity contribution is 6.00. The van der Waals surface area contributed by atoms with Crippen LogP contribution in [0.4, 0.5) is 5.69 Å². The zero-order chi connectivity index (χ0) is 19.5. The van der Waals surface area contributed by atoms with Gasteiger partial charge in [-0.15, -0.1) is 0 Å². The summed E-state index contributed by atoms with van der Waals surface area (Å²) in [6.07, 6.45) is 4.77. The van der Waals surface area contributed by atoms with E-state index in [4.69, 9.17) is 0 Å². The van der Waals surface area contributed by atoms with Crippen LogP contribution in [0, 0.1) is 5.92 Å². The molecule has 1 fully saturated rings. The number of benzene rings is 2. The Morgan fingerprint density at radius 3 is 2.64 bits per heavy atom. The van der Waals surface area contributed by atoms with Gasteiger partial charge in [0.2, 0.25) is 0 Å². The van der Waals surface area contributed by atoms with Gasteiger partial charge >= 0.3 is 0 Å². The Bertz CT molecular complexity index is 950. The Hall–Kier alpha value is -3.08. The summed E-state index contributed by atoms with van der Waals surface area (Å²) in [6, 6.07) is 18.2. The van der Waals surface area contributed by atoms with E-state index in [2.05, 4.69) is 34.1 Å². The van der Waals surface area contributed by atoms with Crippen LogP contribution < -0.4 is 4.90 Å². The summed E-state index contributed by atoms with van der Waals surface area (Å²) >= 11 is 0. The van der Waals surface area contributed by atoms with Gasteiger partial charge in [0.25, 0.3) is 5.91 Å². The number of hydrogen-bond acceptors (Lipinski definition) is 3. The molecule has 1 amide bonds. The van der Waals surface area contributed by atoms with Gasteiger partial charge in [-0.1, -0.05) is 36.4 Å². The first-order valence-corrected chi connectivity index (χ1v) is 9.75. The van der Waals surface area contributed by atoms with Crippen molar-refractivity contribution in [3.63, 3.8) is 0 Å². The molecule has 1 aliphatic rings. The third kappa shape index (κ3) is 3.65. The van der Waals surface area contributed by atoms with E-state index >= 15 is 0 Å². The second-order valence-corrected chi connectivity index (χ2v) is 7.53. The van der Waals surface area contributed by atoms with Crippen molar-refractivity contribution in [1.29, 1.82) is 0 Å². The van der Waals surface area contributed by atoms with E-state index in [0.29, 0.717) is 11.5 Å². The zero-order valence-corrected chi connectivity index (χ0v) is 16.5. The van der Waals surface area contributed by atoms with Crippen LogP contribution in [-0.2, 0) is 7.05 Å². The number of carbonyl (C=O) groups is 1. The molecule has 1 saturated heterocycles.